The number of carbonyl (C=O) groups is 1. The molecule has 1 atom stereocenters. The third-order valence-electron chi connectivity index (χ3n) is 2.85. The Morgan fingerprint density at radius 3 is 2.15 bits per heavy atom. The summed E-state index contributed by atoms with van der Waals surface area (Å²) < 4.78 is 38.8. The molecule has 0 aliphatic carbocycles. The Balaban J connectivity index is 5.76. The molecule has 0 saturated heterocycles. The predicted molar refractivity (Wildman–Crippen MR) is 81.5 cm³/mol. The maximum absolute atomic E-state index is 11.6. The van der Waals surface area contributed by atoms with Crippen LogP contribution >= 0.6 is 0 Å². The molecular weight excluding hydrogens is 298 g/mol. The molecule has 0 aromatic rings. The van der Waals surface area contributed by atoms with Gasteiger partial charge in [0.05, 0.1) is 6.61 Å². The fourth-order valence-electron chi connectivity index (χ4n) is 1.92. The van der Waals surface area contributed by atoms with Crippen LogP contribution in [0.4, 0.5) is 0 Å². The van der Waals surface area contributed by atoms with Gasteiger partial charge in [-0.25, -0.2) is 4.79 Å². The van der Waals surface area contributed by atoms with Crippen molar-refractivity contribution in [2.24, 2.45) is 0 Å². The van der Waals surface area contributed by atoms with Crippen LogP contribution in [0.25, 0.3) is 0 Å². The maximum atomic E-state index is 11.6. The lowest BCUT2D eigenvalue weighted by atomic mass is 10.3. The van der Waals surface area contributed by atoms with Crippen LogP contribution in [-0.4, -0.2) is 50.1 Å². The van der Waals surface area contributed by atoms with Crippen molar-refractivity contribution in [3.05, 3.63) is 11.8 Å². The van der Waals surface area contributed by atoms with Crippen LogP contribution in [0.15, 0.2) is 11.8 Å². The molecule has 0 rings (SSSR count). The zero-order valence-corrected chi connectivity index (χ0v) is 14.8. The van der Waals surface area contributed by atoms with E-state index in [0.717, 1.165) is 0 Å². The van der Waals surface area contributed by atoms with Crippen LogP contribution in [-0.2, 0) is 19.6 Å². The molecule has 20 heavy (non-hydrogen) atoms. The first-order chi connectivity index (χ1) is 8.95. The Bertz CT molecular complexity index is 467. The Morgan fingerprint density at radius 2 is 1.85 bits per heavy atom. The summed E-state index contributed by atoms with van der Waals surface area (Å²) in [5, 5.41) is -1.17. The predicted octanol–water partition coefficient (Wildman–Crippen LogP) is 1.87. The first-order valence-electron chi connectivity index (χ1n) is 6.57. The fourth-order valence-corrected chi connectivity index (χ4v) is 4.49. The Labute approximate surface area is 122 Å². The summed E-state index contributed by atoms with van der Waals surface area (Å²) in [5.41, 5.74) is 0.285. The van der Waals surface area contributed by atoms with Gasteiger partial charge in [0.1, 0.15) is 13.5 Å². The van der Waals surface area contributed by atoms with Gasteiger partial charge in [0.25, 0.3) is 10.1 Å². The standard InChI is InChI=1S/C12H25NO5SSi/c1-7-13(20(4,5)6)11(9-12(14)18-8-2)10(3)19(15,16)17/h9-10H,7-8H2,1-6H3,(H,15,16,17). The van der Waals surface area contributed by atoms with Crippen molar-refractivity contribution >= 4 is 24.3 Å². The monoisotopic (exact) mass is 323 g/mol. The van der Waals surface area contributed by atoms with Crippen LogP contribution in [0.3, 0.4) is 0 Å². The summed E-state index contributed by atoms with van der Waals surface area (Å²) in [4.78, 5) is 11.6. The molecule has 0 bridgehead atoms. The summed E-state index contributed by atoms with van der Waals surface area (Å²) in [6, 6.07) is 0. The quantitative estimate of drug-likeness (QED) is 0.333. The summed E-state index contributed by atoms with van der Waals surface area (Å²) >= 11 is 0. The summed E-state index contributed by atoms with van der Waals surface area (Å²) in [7, 11) is -6.17. The molecule has 0 aromatic heterocycles. The lowest BCUT2D eigenvalue weighted by molar-refractivity contribution is -0.137. The number of carbonyl (C=O) groups excluding carboxylic acids is 1. The summed E-state index contributed by atoms with van der Waals surface area (Å²) in [5.74, 6) is -0.602. The molecule has 0 saturated carbocycles. The van der Waals surface area contributed by atoms with Gasteiger partial charge >= 0.3 is 5.97 Å². The van der Waals surface area contributed by atoms with Crippen LogP contribution in [0.1, 0.15) is 20.8 Å². The van der Waals surface area contributed by atoms with Crippen molar-refractivity contribution in [2.75, 3.05) is 13.2 Å². The molecule has 0 heterocycles. The van der Waals surface area contributed by atoms with Crippen molar-refractivity contribution in [3.63, 3.8) is 0 Å². The minimum absolute atomic E-state index is 0.210. The van der Waals surface area contributed by atoms with E-state index in [-0.39, 0.29) is 12.3 Å². The second-order valence-electron chi connectivity index (χ2n) is 5.39. The zero-order chi connectivity index (χ0) is 16.1. The highest BCUT2D eigenvalue weighted by molar-refractivity contribution is 7.86. The second kappa shape index (κ2) is 7.23. The molecule has 118 valence electrons. The van der Waals surface area contributed by atoms with Gasteiger partial charge in [-0.3, -0.25) is 4.55 Å². The molecule has 8 heteroatoms. The largest absolute Gasteiger partial charge is 0.463 e. The van der Waals surface area contributed by atoms with E-state index in [4.69, 9.17) is 4.74 Å². The zero-order valence-electron chi connectivity index (χ0n) is 13.0. The normalized spacial score (nSPS) is 14.8. The highest BCUT2D eigenvalue weighted by atomic mass is 32.2. The minimum atomic E-state index is -4.27. The number of hydrogen-bond donors (Lipinski definition) is 1. The number of esters is 1. The van der Waals surface area contributed by atoms with Gasteiger partial charge in [-0.05, 0) is 20.8 Å². The molecule has 0 fully saturated rings. The van der Waals surface area contributed by atoms with Gasteiger partial charge in [0.15, 0.2) is 0 Å². The first-order valence-corrected chi connectivity index (χ1v) is 11.5. The maximum Gasteiger partial charge on any atom is 0.332 e. The van der Waals surface area contributed by atoms with Gasteiger partial charge < -0.3 is 9.30 Å². The van der Waals surface area contributed by atoms with E-state index in [1.807, 2.05) is 31.1 Å². The summed E-state index contributed by atoms with van der Waals surface area (Å²) in [6.45, 7) is 11.8. The molecule has 0 aliphatic heterocycles. The van der Waals surface area contributed by atoms with Crippen LogP contribution in [0.2, 0.25) is 19.6 Å². The molecule has 0 aromatic carbocycles. The van der Waals surface area contributed by atoms with Crippen LogP contribution in [0, 0.1) is 0 Å². The van der Waals surface area contributed by atoms with Crippen molar-refractivity contribution in [2.45, 2.75) is 45.7 Å². The lowest BCUT2D eigenvalue weighted by Gasteiger charge is -2.38. The highest BCUT2D eigenvalue weighted by Gasteiger charge is 2.33. The van der Waals surface area contributed by atoms with Crippen molar-refractivity contribution in [3.8, 4) is 0 Å². The van der Waals surface area contributed by atoms with E-state index in [1.165, 1.54) is 13.0 Å². The molecule has 6 nitrogen and oxygen atoms in total. The van der Waals surface area contributed by atoms with Crippen molar-refractivity contribution < 1.29 is 22.5 Å². The SMILES string of the molecule is CCOC(=O)C=C(C(C)S(=O)(=O)O)N(CC)[Si](C)(C)C. The average Bonchev–Trinajstić information content (AvgIpc) is 2.24. The van der Waals surface area contributed by atoms with Gasteiger partial charge in [-0.2, -0.15) is 8.42 Å². The van der Waals surface area contributed by atoms with Crippen LogP contribution in [0.5, 0.6) is 0 Å². The van der Waals surface area contributed by atoms with Gasteiger partial charge in [-0.15, -0.1) is 0 Å². The average molecular weight is 323 g/mol. The lowest BCUT2D eigenvalue weighted by Crippen LogP contribution is -2.48. The van der Waals surface area contributed by atoms with E-state index in [2.05, 4.69) is 0 Å². The van der Waals surface area contributed by atoms with E-state index < -0.39 is 29.6 Å². The van der Waals surface area contributed by atoms with Crippen molar-refractivity contribution in [1.29, 1.82) is 0 Å². The molecule has 0 aliphatic rings. The van der Waals surface area contributed by atoms with E-state index in [0.29, 0.717) is 6.54 Å². The van der Waals surface area contributed by atoms with Gasteiger partial charge in [0, 0.05) is 18.3 Å². The Kier molecular flexibility index (Phi) is 6.92. The molecule has 0 amide bonds. The fraction of sp³-hybridized carbons (Fsp3) is 0.750. The van der Waals surface area contributed by atoms with E-state index in [9.17, 15) is 17.8 Å². The molecule has 0 spiro atoms. The van der Waals surface area contributed by atoms with Crippen LogP contribution < -0.4 is 0 Å². The number of nitrogens with zero attached hydrogens (tertiary/aromatic N) is 1. The molecule has 0 radical (unpaired) electrons. The minimum Gasteiger partial charge on any atom is -0.463 e. The topological polar surface area (TPSA) is 83.9 Å². The van der Waals surface area contributed by atoms with Gasteiger partial charge in [-0.1, -0.05) is 19.6 Å². The molecular formula is C12H25NO5SSi. The van der Waals surface area contributed by atoms with E-state index in [1.54, 1.807) is 6.92 Å². The van der Waals surface area contributed by atoms with E-state index >= 15 is 0 Å². The smallest absolute Gasteiger partial charge is 0.332 e. The Morgan fingerprint density at radius 1 is 1.35 bits per heavy atom. The number of hydrogen-bond acceptors (Lipinski definition) is 5. The molecule has 1 N–H and O–H groups in total. The summed E-state index contributed by atoms with van der Waals surface area (Å²) in [6.07, 6.45) is 1.17. The number of ether oxygens (including phenoxy) is 1. The number of rotatable bonds is 7. The third kappa shape index (κ3) is 5.64. The first kappa shape index (κ1) is 19.1. The molecule has 1 unspecified atom stereocenters. The Hall–Kier alpha value is -0.863. The van der Waals surface area contributed by atoms with Gasteiger partial charge in [0.2, 0.25) is 0 Å². The van der Waals surface area contributed by atoms with Crippen molar-refractivity contribution in [1.82, 2.24) is 4.57 Å². The second-order valence-corrected chi connectivity index (χ2v) is 12.0. The third-order valence-corrected chi connectivity index (χ3v) is 6.18. The highest BCUT2D eigenvalue weighted by Crippen LogP contribution is 2.22.